The molecule has 0 fully saturated rings. The molecule has 1 aliphatic heterocycles. The smallest absolute Gasteiger partial charge is 0.277 e. The van der Waals surface area contributed by atoms with Crippen molar-refractivity contribution in [1.82, 2.24) is 4.98 Å². The normalized spacial score (nSPS) is 16.1. The molecular weight excluding hydrogens is 306 g/mol. The summed E-state index contributed by atoms with van der Waals surface area (Å²) in [6.45, 7) is 5.14. The highest BCUT2D eigenvalue weighted by Crippen LogP contribution is 2.44. The summed E-state index contributed by atoms with van der Waals surface area (Å²) in [4.78, 5) is 18.8. The maximum atomic E-state index is 12.7. The average Bonchev–Trinajstić information content (AvgIpc) is 3.01. The number of hydrogen-bond donors (Lipinski definition) is 1. The Hall–Kier alpha value is -1.43. The van der Waals surface area contributed by atoms with Crippen LogP contribution in [0.2, 0.25) is 5.02 Å². The summed E-state index contributed by atoms with van der Waals surface area (Å²) in [7, 11) is 0. The molecule has 0 saturated heterocycles. The minimum Gasteiger partial charge on any atom is -0.325 e. The van der Waals surface area contributed by atoms with Gasteiger partial charge in [0.1, 0.15) is 10.7 Å². The zero-order valence-corrected chi connectivity index (χ0v) is 13.5. The van der Waals surface area contributed by atoms with E-state index in [2.05, 4.69) is 18.8 Å². The van der Waals surface area contributed by atoms with E-state index in [9.17, 15) is 4.79 Å². The van der Waals surface area contributed by atoms with E-state index in [0.29, 0.717) is 23.8 Å². The van der Waals surface area contributed by atoms with E-state index in [1.807, 2.05) is 18.2 Å². The van der Waals surface area contributed by atoms with Gasteiger partial charge in [-0.15, -0.1) is 11.3 Å². The van der Waals surface area contributed by atoms with Crippen molar-refractivity contribution in [2.24, 2.45) is 5.73 Å². The first-order chi connectivity index (χ1) is 9.94. The summed E-state index contributed by atoms with van der Waals surface area (Å²) < 4.78 is 0. The molecule has 21 heavy (non-hydrogen) atoms. The van der Waals surface area contributed by atoms with Crippen LogP contribution in [-0.2, 0) is 12.0 Å². The number of anilines is 1. The van der Waals surface area contributed by atoms with Gasteiger partial charge in [0.25, 0.3) is 5.91 Å². The summed E-state index contributed by atoms with van der Waals surface area (Å²) in [5.74, 6) is -0.0972. The van der Waals surface area contributed by atoms with Crippen LogP contribution in [0.5, 0.6) is 0 Å². The third-order valence-electron chi connectivity index (χ3n) is 3.70. The summed E-state index contributed by atoms with van der Waals surface area (Å²) in [6.07, 6.45) is 0. The zero-order valence-electron chi connectivity index (χ0n) is 11.9. The number of carbonyl (C=O) groups excluding carboxylic acids is 1. The van der Waals surface area contributed by atoms with E-state index in [1.165, 1.54) is 11.3 Å². The predicted octanol–water partition coefficient (Wildman–Crippen LogP) is 3.19. The van der Waals surface area contributed by atoms with Crippen molar-refractivity contribution in [2.75, 3.05) is 11.4 Å². The van der Waals surface area contributed by atoms with E-state index in [1.54, 1.807) is 10.3 Å². The summed E-state index contributed by atoms with van der Waals surface area (Å²) in [5.41, 5.74) is 7.74. The number of nitrogens with zero attached hydrogens (tertiary/aromatic N) is 2. The van der Waals surface area contributed by atoms with Gasteiger partial charge in [-0.25, -0.2) is 4.98 Å². The van der Waals surface area contributed by atoms with Gasteiger partial charge < -0.3 is 10.6 Å². The molecule has 1 aromatic carbocycles. The second-order valence-electron chi connectivity index (χ2n) is 5.74. The Morgan fingerprint density at radius 3 is 2.95 bits per heavy atom. The fourth-order valence-corrected chi connectivity index (χ4v) is 3.86. The zero-order chi connectivity index (χ0) is 15.2. The van der Waals surface area contributed by atoms with Crippen LogP contribution in [0.15, 0.2) is 23.6 Å². The number of nitrogens with two attached hydrogens (primary N) is 1. The SMILES string of the molecule is CC1(C)CN(C(=O)c2csc(CN)n2)c2cccc(Cl)c21. The Balaban J connectivity index is 2.02. The lowest BCUT2D eigenvalue weighted by atomic mass is 9.87. The van der Waals surface area contributed by atoms with Crippen molar-refractivity contribution in [3.05, 3.63) is 44.9 Å². The van der Waals surface area contributed by atoms with Gasteiger partial charge in [0, 0.05) is 40.2 Å². The second-order valence-corrected chi connectivity index (χ2v) is 7.09. The van der Waals surface area contributed by atoms with Gasteiger partial charge >= 0.3 is 0 Å². The lowest BCUT2D eigenvalue weighted by Gasteiger charge is -2.20. The molecule has 2 N–H and O–H groups in total. The average molecular weight is 322 g/mol. The second kappa shape index (κ2) is 5.09. The first kappa shape index (κ1) is 14.5. The van der Waals surface area contributed by atoms with Crippen molar-refractivity contribution >= 4 is 34.5 Å². The van der Waals surface area contributed by atoms with Crippen LogP contribution in [0, 0.1) is 0 Å². The third-order valence-corrected chi connectivity index (χ3v) is 4.89. The minimum atomic E-state index is -0.171. The molecule has 0 bridgehead atoms. The van der Waals surface area contributed by atoms with Crippen LogP contribution >= 0.6 is 22.9 Å². The molecule has 0 atom stereocenters. The van der Waals surface area contributed by atoms with Gasteiger partial charge in [-0.2, -0.15) is 0 Å². The molecule has 0 radical (unpaired) electrons. The van der Waals surface area contributed by atoms with Crippen molar-refractivity contribution < 1.29 is 4.79 Å². The molecule has 1 aromatic heterocycles. The predicted molar refractivity (Wildman–Crippen MR) is 86.2 cm³/mol. The number of carbonyl (C=O) groups is 1. The highest BCUT2D eigenvalue weighted by Gasteiger charge is 2.40. The van der Waals surface area contributed by atoms with E-state index >= 15 is 0 Å². The van der Waals surface area contributed by atoms with Crippen LogP contribution in [0.1, 0.15) is 34.9 Å². The Morgan fingerprint density at radius 2 is 2.29 bits per heavy atom. The van der Waals surface area contributed by atoms with E-state index in [-0.39, 0.29) is 11.3 Å². The van der Waals surface area contributed by atoms with Gasteiger partial charge in [-0.05, 0) is 12.1 Å². The molecule has 6 heteroatoms. The number of halogens is 1. The van der Waals surface area contributed by atoms with Gasteiger partial charge in [-0.3, -0.25) is 4.79 Å². The van der Waals surface area contributed by atoms with Crippen molar-refractivity contribution in [3.8, 4) is 0 Å². The summed E-state index contributed by atoms with van der Waals surface area (Å²) >= 11 is 7.74. The standard InChI is InChI=1S/C15H16ClN3OS/c1-15(2)8-19(11-5-3-4-9(16)13(11)15)14(20)10-7-21-12(6-17)18-10/h3-5,7H,6,8,17H2,1-2H3. The minimum absolute atomic E-state index is 0.0972. The molecule has 0 unspecified atom stereocenters. The number of rotatable bonds is 2. The van der Waals surface area contributed by atoms with Gasteiger partial charge in [-0.1, -0.05) is 31.5 Å². The fraction of sp³-hybridized carbons (Fsp3) is 0.333. The summed E-state index contributed by atoms with van der Waals surface area (Å²) in [6, 6.07) is 5.67. The number of benzene rings is 1. The Morgan fingerprint density at radius 1 is 1.52 bits per heavy atom. The lowest BCUT2D eigenvalue weighted by molar-refractivity contribution is 0.0981. The Labute approximate surface area is 132 Å². The number of amides is 1. The quantitative estimate of drug-likeness (QED) is 0.924. The van der Waals surface area contributed by atoms with E-state index in [0.717, 1.165) is 16.3 Å². The molecule has 2 heterocycles. The molecule has 110 valence electrons. The van der Waals surface area contributed by atoms with Crippen LogP contribution in [-0.4, -0.2) is 17.4 Å². The van der Waals surface area contributed by atoms with Gasteiger partial charge in [0.05, 0.1) is 0 Å². The van der Waals surface area contributed by atoms with Crippen LogP contribution in [0.3, 0.4) is 0 Å². The molecule has 4 nitrogen and oxygen atoms in total. The largest absolute Gasteiger partial charge is 0.325 e. The van der Waals surface area contributed by atoms with Crippen LogP contribution < -0.4 is 10.6 Å². The van der Waals surface area contributed by atoms with E-state index < -0.39 is 0 Å². The van der Waals surface area contributed by atoms with Crippen molar-refractivity contribution in [3.63, 3.8) is 0 Å². The fourth-order valence-electron chi connectivity index (χ4n) is 2.79. The topological polar surface area (TPSA) is 59.2 Å². The molecular formula is C15H16ClN3OS. The Kier molecular flexibility index (Phi) is 3.51. The molecule has 0 aliphatic carbocycles. The highest BCUT2D eigenvalue weighted by atomic mass is 35.5. The number of hydrogen-bond acceptors (Lipinski definition) is 4. The first-order valence-electron chi connectivity index (χ1n) is 6.69. The molecule has 3 rings (SSSR count). The first-order valence-corrected chi connectivity index (χ1v) is 7.95. The van der Waals surface area contributed by atoms with Crippen molar-refractivity contribution in [2.45, 2.75) is 25.8 Å². The number of fused-ring (bicyclic) bond motifs is 1. The lowest BCUT2D eigenvalue weighted by Crippen LogP contribution is -2.34. The monoisotopic (exact) mass is 321 g/mol. The van der Waals surface area contributed by atoms with Crippen LogP contribution in [0.25, 0.3) is 0 Å². The highest BCUT2D eigenvalue weighted by molar-refractivity contribution is 7.09. The number of thiazole rings is 1. The van der Waals surface area contributed by atoms with Gasteiger partial charge in [0.2, 0.25) is 0 Å². The molecule has 0 saturated carbocycles. The number of aromatic nitrogens is 1. The third kappa shape index (κ3) is 2.35. The maximum absolute atomic E-state index is 12.7. The van der Waals surface area contributed by atoms with Crippen molar-refractivity contribution in [1.29, 1.82) is 0 Å². The van der Waals surface area contributed by atoms with Crippen LogP contribution in [0.4, 0.5) is 5.69 Å². The summed E-state index contributed by atoms with van der Waals surface area (Å²) in [5, 5.41) is 3.23. The molecule has 2 aromatic rings. The maximum Gasteiger partial charge on any atom is 0.277 e. The van der Waals surface area contributed by atoms with Gasteiger partial charge in [0.15, 0.2) is 0 Å². The molecule has 1 aliphatic rings. The molecule has 1 amide bonds. The Bertz CT molecular complexity index is 711. The molecule has 0 spiro atoms. The van der Waals surface area contributed by atoms with E-state index in [4.69, 9.17) is 17.3 Å².